The van der Waals surface area contributed by atoms with Gasteiger partial charge in [-0.25, -0.2) is 4.79 Å². The average Bonchev–Trinajstić information content (AvgIpc) is 2.88. The lowest BCUT2D eigenvalue weighted by Gasteiger charge is -2.40. The number of carboxylic acid groups (broad SMARTS) is 1. The van der Waals surface area contributed by atoms with E-state index in [1.807, 2.05) is 4.90 Å². The molecule has 2 atom stereocenters. The van der Waals surface area contributed by atoms with Crippen molar-refractivity contribution in [3.8, 4) is 0 Å². The second-order valence-electron chi connectivity index (χ2n) is 6.14. The standard InChI is InChI=1S/C14H21N3O4/c18-12-10-2-1-5-17(11(10)8-15-12)14(21)16-6-3-9(4-7-16)13(19)20/h9-11H,1-8H2,(H,15,18)(H,19,20). The molecule has 7 nitrogen and oxygen atoms in total. The molecule has 0 aromatic heterocycles. The minimum Gasteiger partial charge on any atom is -0.481 e. The highest BCUT2D eigenvalue weighted by Gasteiger charge is 2.44. The second-order valence-corrected chi connectivity index (χ2v) is 6.14. The van der Waals surface area contributed by atoms with Gasteiger partial charge in [-0.05, 0) is 25.7 Å². The van der Waals surface area contributed by atoms with Crippen molar-refractivity contribution in [2.24, 2.45) is 11.8 Å². The Hall–Kier alpha value is -1.79. The van der Waals surface area contributed by atoms with Crippen molar-refractivity contribution >= 4 is 17.9 Å². The Kier molecular flexibility index (Phi) is 3.73. The molecule has 0 spiro atoms. The van der Waals surface area contributed by atoms with Gasteiger partial charge < -0.3 is 20.2 Å². The van der Waals surface area contributed by atoms with Gasteiger partial charge in [0.05, 0.1) is 17.9 Å². The lowest BCUT2D eigenvalue weighted by atomic mass is 9.91. The van der Waals surface area contributed by atoms with Gasteiger partial charge in [0.1, 0.15) is 0 Å². The SMILES string of the molecule is O=C(O)C1CCN(C(=O)N2CCCC3C(=O)NCC32)CC1. The van der Waals surface area contributed by atoms with E-state index in [1.165, 1.54) is 0 Å². The van der Waals surface area contributed by atoms with Gasteiger partial charge in [0.2, 0.25) is 5.91 Å². The van der Waals surface area contributed by atoms with Gasteiger partial charge in [0.15, 0.2) is 0 Å². The molecular weight excluding hydrogens is 274 g/mol. The maximum atomic E-state index is 12.6. The molecule has 0 bridgehead atoms. The Morgan fingerprint density at radius 3 is 2.52 bits per heavy atom. The molecule has 2 N–H and O–H groups in total. The van der Waals surface area contributed by atoms with Crippen LogP contribution in [0.5, 0.6) is 0 Å². The summed E-state index contributed by atoms with van der Waals surface area (Å²) in [7, 11) is 0. The minimum absolute atomic E-state index is 0.0315. The van der Waals surface area contributed by atoms with E-state index in [9.17, 15) is 14.4 Å². The number of amides is 3. The molecule has 3 heterocycles. The van der Waals surface area contributed by atoms with Crippen LogP contribution in [-0.2, 0) is 9.59 Å². The Morgan fingerprint density at radius 2 is 1.86 bits per heavy atom. The Morgan fingerprint density at radius 1 is 1.14 bits per heavy atom. The van der Waals surface area contributed by atoms with Gasteiger partial charge in [-0.3, -0.25) is 9.59 Å². The van der Waals surface area contributed by atoms with E-state index in [0.717, 1.165) is 12.8 Å². The van der Waals surface area contributed by atoms with Crippen LogP contribution in [0.4, 0.5) is 4.79 Å². The van der Waals surface area contributed by atoms with Gasteiger partial charge in [0, 0.05) is 26.2 Å². The van der Waals surface area contributed by atoms with E-state index in [4.69, 9.17) is 5.11 Å². The van der Waals surface area contributed by atoms with Crippen LogP contribution in [0.25, 0.3) is 0 Å². The molecule has 0 aromatic rings. The summed E-state index contributed by atoms with van der Waals surface area (Å²) in [4.78, 5) is 38.9. The fraction of sp³-hybridized carbons (Fsp3) is 0.786. The summed E-state index contributed by atoms with van der Waals surface area (Å²) in [5.74, 6) is -1.12. The lowest BCUT2D eigenvalue weighted by Crippen LogP contribution is -2.55. The number of piperidine rings is 2. The third-order valence-electron chi connectivity index (χ3n) is 4.96. The van der Waals surface area contributed by atoms with Gasteiger partial charge in [0.25, 0.3) is 0 Å². The Labute approximate surface area is 123 Å². The van der Waals surface area contributed by atoms with Crippen LogP contribution < -0.4 is 5.32 Å². The number of rotatable bonds is 1. The fourth-order valence-electron chi connectivity index (χ4n) is 3.69. The number of nitrogens with zero attached hydrogens (tertiary/aromatic N) is 2. The van der Waals surface area contributed by atoms with Crippen molar-refractivity contribution in [3.05, 3.63) is 0 Å². The summed E-state index contributed by atoms with van der Waals surface area (Å²) in [5, 5.41) is 11.8. The minimum atomic E-state index is -0.772. The zero-order chi connectivity index (χ0) is 15.0. The van der Waals surface area contributed by atoms with Crippen LogP contribution >= 0.6 is 0 Å². The zero-order valence-electron chi connectivity index (χ0n) is 12.0. The highest BCUT2D eigenvalue weighted by molar-refractivity contribution is 5.84. The number of aliphatic carboxylic acids is 1. The number of hydrogen-bond donors (Lipinski definition) is 2. The number of fused-ring (bicyclic) bond motifs is 1. The quantitative estimate of drug-likeness (QED) is 0.718. The summed E-state index contributed by atoms with van der Waals surface area (Å²) in [5.41, 5.74) is 0. The first-order valence-electron chi connectivity index (χ1n) is 7.64. The second kappa shape index (κ2) is 5.54. The molecule has 21 heavy (non-hydrogen) atoms. The molecule has 3 fully saturated rings. The first-order valence-corrected chi connectivity index (χ1v) is 7.64. The van der Waals surface area contributed by atoms with E-state index in [-0.39, 0.29) is 29.8 Å². The van der Waals surface area contributed by atoms with Crippen molar-refractivity contribution in [1.29, 1.82) is 0 Å². The van der Waals surface area contributed by atoms with Crippen LogP contribution in [-0.4, -0.2) is 65.0 Å². The molecule has 116 valence electrons. The molecule has 0 aromatic carbocycles. The molecule has 0 radical (unpaired) electrons. The van der Waals surface area contributed by atoms with E-state index in [0.29, 0.717) is 39.0 Å². The number of urea groups is 1. The van der Waals surface area contributed by atoms with Crippen molar-refractivity contribution < 1.29 is 19.5 Å². The smallest absolute Gasteiger partial charge is 0.320 e. The van der Waals surface area contributed by atoms with E-state index < -0.39 is 5.97 Å². The summed E-state index contributed by atoms with van der Waals surface area (Å²) in [6, 6.07) is -0.0685. The zero-order valence-corrected chi connectivity index (χ0v) is 12.0. The highest BCUT2D eigenvalue weighted by atomic mass is 16.4. The molecule has 0 aliphatic carbocycles. The topological polar surface area (TPSA) is 90.0 Å². The summed E-state index contributed by atoms with van der Waals surface area (Å²) in [6.45, 7) is 2.21. The van der Waals surface area contributed by atoms with Crippen molar-refractivity contribution in [2.45, 2.75) is 31.7 Å². The average molecular weight is 295 g/mol. The number of carbonyl (C=O) groups is 3. The molecule has 3 saturated heterocycles. The predicted octanol–water partition coefficient (Wildman–Crippen LogP) is 0.113. The van der Waals surface area contributed by atoms with E-state index >= 15 is 0 Å². The van der Waals surface area contributed by atoms with Gasteiger partial charge in [-0.1, -0.05) is 0 Å². The van der Waals surface area contributed by atoms with Crippen LogP contribution in [0.2, 0.25) is 0 Å². The fourth-order valence-corrected chi connectivity index (χ4v) is 3.69. The Bertz CT molecular complexity index is 459. The molecule has 3 aliphatic rings. The van der Waals surface area contributed by atoms with Gasteiger partial charge in [-0.15, -0.1) is 0 Å². The summed E-state index contributed by atoms with van der Waals surface area (Å²) >= 11 is 0. The van der Waals surface area contributed by atoms with Crippen LogP contribution in [0, 0.1) is 11.8 Å². The number of hydrogen-bond acceptors (Lipinski definition) is 3. The van der Waals surface area contributed by atoms with E-state index in [2.05, 4.69) is 5.32 Å². The normalized spacial score (nSPS) is 30.0. The van der Waals surface area contributed by atoms with E-state index in [1.54, 1.807) is 4.90 Å². The van der Waals surface area contributed by atoms with Crippen molar-refractivity contribution in [2.75, 3.05) is 26.2 Å². The molecule has 2 unspecified atom stereocenters. The molecule has 3 rings (SSSR count). The van der Waals surface area contributed by atoms with Crippen molar-refractivity contribution in [1.82, 2.24) is 15.1 Å². The number of carbonyl (C=O) groups excluding carboxylic acids is 2. The largest absolute Gasteiger partial charge is 0.481 e. The van der Waals surface area contributed by atoms with Gasteiger partial charge in [-0.2, -0.15) is 0 Å². The molecule has 3 aliphatic heterocycles. The van der Waals surface area contributed by atoms with Gasteiger partial charge >= 0.3 is 12.0 Å². The number of likely N-dealkylation sites (tertiary alicyclic amines) is 2. The number of carboxylic acids is 1. The van der Waals surface area contributed by atoms with Crippen LogP contribution in [0.3, 0.4) is 0 Å². The summed E-state index contributed by atoms with van der Waals surface area (Å²) < 4.78 is 0. The third kappa shape index (κ3) is 2.56. The summed E-state index contributed by atoms with van der Waals surface area (Å²) in [6.07, 6.45) is 2.73. The molecule has 0 saturated carbocycles. The van der Waals surface area contributed by atoms with Crippen LogP contribution in [0.15, 0.2) is 0 Å². The maximum absolute atomic E-state index is 12.6. The third-order valence-corrected chi connectivity index (χ3v) is 4.96. The number of nitrogens with one attached hydrogen (secondary N) is 1. The first kappa shape index (κ1) is 14.2. The molecule has 7 heteroatoms. The molecular formula is C14H21N3O4. The molecule has 3 amide bonds. The maximum Gasteiger partial charge on any atom is 0.320 e. The monoisotopic (exact) mass is 295 g/mol. The lowest BCUT2D eigenvalue weighted by molar-refractivity contribution is -0.143. The highest BCUT2D eigenvalue weighted by Crippen LogP contribution is 2.29. The Balaban J connectivity index is 1.63. The predicted molar refractivity (Wildman–Crippen MR) is 73.6 cm³/mol. The van der Waals surface area contributed by atoms with Crippen LogP contribution in [0.1, 0.15) is 25.7 Å². The van der Waals surface area contributed by atoms with Crippen molar-refractivity contribution in [3.63, 3.8) is 0 Å². The first-order chi connectivity index (χ1) is 10.1.